The summed E-state index contributed by atoms with van der Waals surface area (Å²) in [6, 6.07) is 1.00. The van der Waals surface area contributed by atoms with Gasteiger partial charge in [-0.25, -0.2) is 4.98 Å². The molecule has 0 saturated heterocycles. The summed E-state index contributed by atoms with van der Waals surface area (Å²) < 4.78 is 2.22. The Morgan fingerprint density at radius 3 is 2.69 bits per heavy atom. The van der Waals surface area contributed by atoms with Crippen molar-refractivity contribution >= 4 is 5.95 Å². The van der Waals surface area contributed by atoms with Gasteiger partial charge in [-0.05, 0) is 40.0 Å². The predicted molar refractivity (Wildman–Crippen MR) is 67.8 cm³/mol. The molecule has 1 atom stereocenters. The Hall–Kier alpha value is -0.990. The fourth-order valence-electron chi connectivity index (χ4n) is 2.15. The molecule has 3 heteroatoms. The number of anilines is 1. The summed E-state index contributed by atoms with van der Waals surface area (Å²) >= 11 is 0. The minimum atomic E-state index is 0.469. The molecule has 0 spiro atoms. The molecule has 1 heterocycles. The van der Waals surface area contributed by atoms with Crippen molar-refractivity contribution in [1.82, 2.24) is 9.55 Å². The minimum Gasteiger partial charge on any atom is -0.353 e. The van der Waals surface area contributed by atoms with Crippen LogP contribution >= 0.6 is 0 Å². The van der Waals surface area contributed by atoms with Crippen LogP contribution in [0, 0.1) is 12.8 Å². The summed E-state index contributed by atoms with van der Waals surface area (Å²) in [5, 5.41) is 3.54. The molecule has 1 fully saturated rings. The SMILES string of the molecule is Cc1cn(C(C)C)c(NC(C)CC2CC2)n1. The van der Waals surface area contributed by atoms with Crippen LogP contribution in [-0.4, -0.2) is 15.6 Å². The van der Waals surface area contributed by atoms with Crippen molar-refractivity contribution in [3.63, 3.8) is 0 Å². The van der Waals surface area contributed by atoms with Gasteiger partial charge in [-0.2, -0.15) is 0 Å². The van der Waals surface area contributed by atoms with Gasteiger partial charge in [0.05, 0.1) is 5.69 Å². The topological polar surface area (TPSA) is 29.9 Å². The highest BCUT2D eigenvalue weighted by Gasteiger charge is 2.24. The largest absolute Gasteiger partial charge is 0.353 e. The Bertz CT molecular complexity index is 350. The fraction of sp³-hybridized carbons (Fsp3) is 0.769. The number of aromatic nitrogens is 2. The lowest BCUT2D eigenvalue weighted by atomic mass is 10.2. The summed E-state index contributed by atoms with van der Waals surface area (Å²) in [5.74, 6) is 1.99. The Kier molecular flexibility index (Phi) is 3.22. The molecule has 0 bridgehead atoms. The van der Waals surface area contributed by atoms with Crippen LogP contribution in [0.4, 0.5) is 5.95 Å². The van der Waals surface area contributed by atoms with E-state index in [4.69, 9.17) is 0 Å². The Morgan fingerprint density at radius 2 is 2.12 bits per heavy atom. The zero-order chi connectivity index (χ0) is 11.7. The van der Waals surface area contributed by atoms with Crippen molar-refractivity contribution in [1.29, 1.82) is 0 Å². The molecule has 0 aliphatic heterocycles. The van der Waals surface area contributed by atoms with Gasteiger partial charge in [0.15, 0.2) is 0 Å². The van der Waals surface area contributed by atoms with Crippen molar-refractivity contribution in [2.45, 2.75) is 59.0 Å². The standard InChI is InChI=1S/C13H23N3/c1-9(2)16-8-11(4)15-13(16)14-10(3)7-12-5-6-12/h8-10,12H,5-7H2,1-4H3,(H,14,15). The average molecular weight is 221 g/mol. The molecule has 1 aliphatic rings. The van der Waals surface area contributed by atoms with Crippen molar-refractivity contribution in [2.75, 3.05) is 5.32 Å². The van der Waals surface area contributed by atoms with Gasteiger partial charge in [-0.1, -0.05) is 12.8 Å². The normalized spacial score (nSPS) is 17.8. The third-order valence-corrected chi connectivity index (χ3v) is 3.17. The van der Waals surface area contributed by atoms with Gasteiger partial charge in [-0.3, -0.25) is 0 Å². The summed E-state index contributed by atoms with van der Waals surface area (Å²) in [7, 11) is 0. The van der Waals surface area contributed by atoms with Crippen LogP contribution < -0.4 is 5.32 Å². The zero-order valence-electron chi connectivity index (χ0n) is 10.8. The molecular formula is C13H23N3. The zero-order valence-corrected chi connectivity index (χ0v) is 10.8. The molecule has 1 unspecified atom stereocenters. The number of hydrogen-bond acceptors (Lipinski definition) is 2. The van der Waals surface area contributed by atoms with Crippen LogP contribution in [0.3, 0.4) is 0 Å². The lowest BCUT2D eigenvalue weighted by Gasteiger charge is -2.17. The first kappa shape index (κ1) is 11.5. The van der Waals surface area contributed by atoms with E-state index in [0.717, 1.165) is 17.6 Å². The highest BCUT2D eigenvalue weighted by molar-refractivity contribution is 5.30. The van der Waals surface area contributed by atoms with Crippen LogP contribution in [0.2, 0.25) is 0 Å². The molecule has 3 nitrogen and oxygen atoms in total. The quantitative estimate of drug-likeness (QED) is 0.826. The van der Waals surface area contributed by atoms with Gasteiger partial charge in [0, 0.05) is 18.3 Å². The summed E-state index contributed by atoms with van der Waals surface area (Å²) in [5.41, 5.74) is 1.09. The fourth-order valence-corrected chi connectivity index (χ4v) is 2.15. The van der Waals surface area contributed by atoms with Crippen LogP contribution in [0.1, 0.15) is 51.8 Å². The molecular weight excluding hydrogens is 198 g/mol. The lowest BCUT2D eigenvalue weighted by molar-refractivity contribution is 0.585. The Morgan fingerprint density at radius 1 is 1.44 bits per heavy atom. The van der Waals surface area contributed by atoms with Gasteiger partial charge in [0.1, 0.15) is 0 Å². The van der Waals surface area contributed by atoms with E-state index < -0.39 is 0 Å². The van der Waals surface area contributed by atoms with Gasteiger partial charge >= 0.3 is 0 Å². The third-order valence-electron chi connectivity index (χ3n) is 3.17. The molecule has 0 amide bonds. The van der Waals surface area contributed by atoms with Gasteiger partial charge in [-0.15, -0.1) is 0 Å². The maximum atomic E-state index is 4.55. The highest BCUT2D eigenvalue weighted by Crippen LogP contribution is 2.34. The molecule has 16 heavy (non-hydrogen) atoms. The lowest BCUT2D eigenvalue weighted by Crippen LogP contribution is -2.19. The van der Waals surface area contributed by atoms with E-state index in [0.29, 0.717) is 12.1 Å². The smallest absolute Gasteiger partial charge is 0.203 e. The second-order valence-corrected chi connectivity index (χ2v) is 5.43. The van der Waals surface area contributed by atoms with Gasteiger partial charge < -0.3 is 9.88 Å². The third kappa shape index (κ3) is 2.77. The monoisotopic (exact) mass is 221 g/mol. The van der Waals surface area contributed by atoms with Crippen LogP contribution in [0.15, 0.2) is 6.20 Å². The molecule has 1 N–H and O–H groups in total. The molecule has 1 aromatic heterocycles. The van der Waals surface area contributed by atoms with Crippen molar-refractivity contribution in [2.24, 2.45) is 5.92 Å². The Labute approximate surface area is 98.3 Å². The molecule has 2 rings (SSSR count). The summed E-state index contributed by atoms with van der Waals surface area (Å²) in [6.45, 7) is 8.69. The summed E-state index contributed by atoms with van der Waals surface area (Å²) in [6.07, 6.45) is 6.24. The second kappa shape index (κ2) is 4.48. The van der Waals surface area contributed by atoms with E-state index in [-0.39, 0.29) is 0 Å². The molecule has 0 aromatic carbocycles. The number of imidazole rings is 1. The van der Waals surface area contributed by atoms with Crippen LogP contribution in [-0.2, 0) is 0 Å². The van der Waals surface area contributed by atoms with Crippen molar-refractivity contribution in [3.8, 4) is 0 Å². The van der Waals surface area contributed by atoms with Crippen molar-refractivity contribution in [3.05, 3.63) is 11.9 Å². The van der Waals surface area contributed by atoms with Crippen LogP contribution in [0.25, 0.3) is 0 Å². The maximum Gasteiger partial charge on any atom is 0.203 e. The molecule has 90 valence electrons. The van der Waals surface area contributed by atoms with Gasteiger partial charge in [0.25, 0.3) is 0 Å². The van der Waals surface area contributed by atoms with E-state index in [9.17, 15) is 0 Å². The van der Waals surface area contributed by atoms with E-state index in [1.807, 2.05) is 0 Å². The summed E-state index contributed by atoms with van der Waals surface area (Å²) in [4.78, 5) is 4.55. The van der Waals surface area contributed by atoms with Gasteiger partial charge in [0.2, 0.25) is 5.95 Å². The molecule has 0 radical (unpaired) electrons. The predicted octanol–water partition coefficient (Wildman–Crippen LogP) is 3.37. The first-order valence-corrected chi connectivity index (χ1v) is 6.38. The Balaban J connectivity index is 2.00. The molecule has 1 aliphatic carbocycles. The van der Waals surface area contributed by atoms with E-state index >= 15 is 0 Å². The first-order valence-electron chi connectivity index (χ1n) is 6.38. The molecule has 1 saturated carbocycles. The van der Waals surface area contributed by atoms with E-state index in [2.05, 4.69) is 48.8 Å². The number of nitrogens with zero attached hydrogens (tertiary/aromatic N) is 2. The minimum absolute atomic E-state index is 0.469. The second-order valence-electron chi connectivity index (χ2n) is 5.43. The number of aryl methyl sites for hydroxylation is 1. The first-order chi connectivity index (χ1) is 7.56. The number of nitrogens with one attached hydrogen (secondary N) is 1. The van der Waals surface area contributed by atoms with Crippen molar-refractivity contribution < 1.29 is 0 Å². The number of hydrogen-bond donors (Lipinski definition) is 1. The van der Waals surface area contributed by atoms with E-state index in [1.54, 1.807) is 0 Å². The number of rotatable bonds is 5. The van der Waals surface area contributed by atoms with Crippen LogP contribution in [0.5, 0.6) is 0 Å². The highest BCUT2D eigenvalue weighted by atomic mass is 15.2. The maximum absolute atomic E-state index is 4.55. The average Bonchev–Trinajstić information content (AvgIpc) is 2.89. The molecule has 1 aromatic rings. The van der Waals surface area contributed by atoms with E-state index in [1.165, 1.54) is 19.3 Å².